The van der Waals surface area contributed by atoms with Gasteiger partial charge in [-0.1, -0.05) is 42.1 Å². The van der Waals surface area contributed by atoms with E-state index in [-0.39, 0.29) is 29.5 Å². The smallest absolute Gasteiger partial charge is 0.273 e. The van der Waals surface area contributed by atoms with Crippen LogP contribution in [0.5, 0.6) is 5.75 Å². The van der Waals surface area contributed by atoms with Crippen LogP contribution < -0.4 is 15.4 Å². The van der Waals surface area contributed by atoms with Crippen LogP contribution in [0, 0.1) is 30.9 Å². The van der Waals surface area contributed by atoms with Crippen molar-refractivity contribution in [3.63, 3.8) is 0 Å². The van der Waals surface area contributed by atoms with Crippen LogP contribution in [0.4, 0.5) is 11.4 Å². The highest BCUT2D eigenvalue weighted by Crippen LogP contribution is 2.29. The summed E-state index contributed by atoms with van der Waals surface area (Å²) in [6.45, 7) is 5.47. The Hall–Kier alpha value is -4.71. The van der Waals surface area contributed by atoms with Crippen molar-refractivity contribution in [3.8, 4) is 11.4 Å². The molecule has 3 aromatic carbocycles. The first-order chi connectivity index (χ1) is 19.2. The Balaban J connectivity index is 1.56. The number of hydrogen-bond donors (Lipinski definition) is 2. The second kappa shape index (κ2) is 12.4. The van der Waals surface area contributed by atoms with Gasteiger partial charge in [-0.3, -0.25) is 24.3 Å². The number of nitro benzene ring substituents is 1. The molecule has 0 saturated heterocycles. The van der Waals surface area contributed by atoms with Gasteiger partial charge in [0.2, 0.25) is 5.91 Å². The zero-order valence-corrected chi connectivity index (χ0v) is 23.2. The van der Waals surface area contributed by atoms with E-state index >= 15 is 0 Å². The topological polar surface area (TPSA) is 141 Å². The lowest BCUT2D eigenvalue weighted by molar-refractivity contribution is -0.385. The van der Waals surface area contributed by atoms with E-state index in [4.69, 9.17) is 4.74 Å². The van der Waals surface area contributed by atoms with E-state index in [0.29, 0.717) is 28.0 Å². The van der Waals surface area contributed by atoms with Gasteiger partial charge in [-0.05, 0) is 56.2 Å². The van der Waals surface area contributed by atoms with Crippen molar-refractivity contribution in [2.45, 2.75) is 32.5 Å². The Kier molecular flexibility index (Phi) is 8.80. The summed E-state index contributed by atoms with van der Waals surface area (Å²) in [6.07, 6.45) is 0. The van der Waals surface area contributed by atoms with Crippen LogP contribution in [0.15, 0.2) is 65.8 Å². The molecule has 0 aliphatic heterocycles. The van der Waals surface area contributed by atoms with Crippen LogP contribution in [0.25, 0.3) is 5.69 Å². The Bertz CT molecular complexity index is 1590. The summed E-state index contributed by atoms with van der Waals surface area (Å²) >= 11 is 1.19. The zero-order chi connectivity index (χ0) is 28.8. The third-order valence-corrected chi connectivity index (χ3v) is 7.03. The quantitative estimate of drug-likeness (QED) is 0.161. The molecule has 2 N–H and O–H groups in total. The molecule has 0 fully saturated rings. The monoisotopic (exact) mass is 560 g/mol. The lowest BCUT2D eigenvalue weighted by Gasteiger charge is -2.14. The first kappa shape index (κ1) is 28.3. The van der Waals surface area contributed by atoms with Crippen LogP contribution in [0.1, 0.15) is 32.9 Å². The average Bonchev–Trinajstić information content (AvgIpc) is 3.35. The number of carbonyl (C=O) groups excluding carboxylic acids is 2. The van der Waals surface area contributed by atoms with Gasteiger partial charge in [0.15, 0.2) is 11.0 Å². The maximum atomic E-state index is 12.8. The van der Waals surface area contributed by atoms with Crippen molar-refractivity contribution < 1.29 is 19.2 Å². The van der Waals surface area contributed by atoms with Crippen molar-refractivity contribution in [3.05, 3.63) is 98.9 Å². The van der Waals surface area contributed by atoms with Gasteiger partial charge in [-0.15, -0.1) is 10.2 Å². The molecular weight excluding hydrogens is 532 g/mol. The fourth-order valence-electron chi connectivity index (χ4n) is 3.96. The minimum absolute atomic E-state index is 0.0270. The molecule has 12 heteroatoms. The number of carbonyl (C=O) groups is 2. The molecule has 11 nitrogen and oxygen atoms in total. The van der Waals surface area contributed by atoms with Crippen LogP contribution >= 0.6 is 11.8 Å². The number of nitrogens with one attached hydrogen (secondary N) is 2. The maximum Gasteiger partial charge on any atom is 0.273 e. The minimum Gasteiger partial charge on any atom is -0.495 e. The molecule has 0 radical (unpaired) electrons. The number of anilines is 1. The number of rotatable bonds is 10. The first-order valence-electron chi connectivity index (χ1n) is 12.3. The fourth-order valence-corrected chi connectivity index (χ4v) is 4.72. The number of methoxy groups -OCH3 is 1. The molecule has 1 heterocycles. The molecule has 0 unspecified atom stereocenters. The number of aromatic nitrogens is 3. The van der Waals surface area contributed by atoms with Crippen molar-refractivity contribution in [1.82, 2.24) is 20.1 Å². The molecule has 206 valence electrons. The molecule has 0 aliphatic rings. The van der Waals surface area contributed by atoms with Gasteiger partial charge in [0.1, 0.15) is 5.75 Å². The Morgan fingerprint density at radius 1 is 1.02 bits per heavy atom. The normalized spacial score (nSPS) is 10.7. The van der Waals surface area contributed by atoms with Crippen molar-refractivity contribution >= 4 is 35.0 Å². The Morgan fingerprint density at radius 3 is 2.52 bits per heavy atom. The van der Waals surface area contributed by atoms with Crippen LogP contribution in [0.3, 0.4) is 0 Å². The maximum absolute atomic E-state index is 12.8. The van der Waals surface area contributed by atoms with E-state index in [1.54, 1.807) is 24.7 Å². The summed E-state index contributed by atoms with van der Waals surface area (Å²) in [7, 11) is 1.54. The molecule has 0 bridgehead atoms. The largest absolute Gasteiger partial charge is 0.495 e. The highest BCUT2D eigenvalue weighted by atomic mass is 32.2. The second-order valence-electron chi connectivity index (χ2n) is 9.00. The van der Waals surface area contributed by atoms with Crippen LogP contribution in [-0.2, 0) is 11.3 Å². The third-order valence-electron chi connectivity index (χ3n) is 6.10. The van der Waals surface area contributed by atoms with E-state index in [9.17, 15) is 19.7 Å². The Labute approximate surface area is 235 Å². The molecule has 0 aliphatic carbocycles. The molecule has 0 atom stereocenters. The average molecular weight is 561 g/mol. The summed E-state index contributed by atoms with van der Waals surface area (Å²) < 4.78 is 7.25. The van der Waals surface area contributed by atoms with Crippen LogP contribution in [-0.4, -0.2) is 44.4 Å². The predicted octanol–water partition coefficient (Wildman–Crippen LogP) is 4.77. The van der Waals surface area contributed by atoms with Crippen molar-refractivity contribution in [2.24, 2.45) is 0 Å². The zero-order valence-electron chi connectivity index (χ0n) is 22.4. The summed E-state index contributed by atoms with van der Waals surface area (Å²) in [4.78, 5) is 36.4. The number of para-hydroxylation sites is 2. The molecule has 0 spiro atoms. The number of nitro groups is 1. The highest BCUT2D eigenvalue weighted by Gasteiger charge is 2.20. The highest BCUT2D eigenvalue weighted by molar-refractivity contribution is 7.99. The number of aryl methyl sites for hydroxylation is 3. The standard InChI is InChI=1S/C28H28N6O5S/c1-17-9-10-18(2)21(13-17)30-26(35)16-40-28-32-31-25(33(28)22-7-5-6-8-24(22)39-4)15-29-27(36)20-12-11-19(3)23(14-20)34(37)38/h5-14H,15-16H2,1-4H3,(H,29,36)(H,30,35). The predicted molar refractivity (Wildman–Crippen MR) is 152 cm³/mol. The number of nitrogens with zero attached hydrogens (tertiary/aromatic N) is 4. The number of benzene rings is 3. The lowest BCUT2D eigenvalue weighted by Crippen LogP contribution is -2.25. The number of ether oxygens (including phenoxy) is 1. The lowest BCUT2D eigenvalue weighted by atomic mass is 10.1. The molecule has 0 saturated carbocycles. The van der Waals surface area contributed by atoms with Gasteiger partial charge in [-0.25, -0.2) is 0 Å². The van der Waals surface area contributed by atoms with Gasteiger partial charge < -0.3 is 15.4 Å². The summed E-state index contributed by atoms with van der Waals surface area (Å²) in [6, 6.07) is 17.4. The van der Waals surface area contributed by atoms with Gasteiger partial charge in [0, 0.05) is 22.9 Å². The van der Waals surface area contributed by atoms with E-state index in [1.807, 2.05) is 50.2 Å². The van der Waals surface area contributed by atoms with Crippen molar-refractivity contribution in [1.29, 1.82) is 0 Å². The van der Waals surface area contributed by atoms with E-state index < -0.39 is 10.8 Å². The summed E-state index contributed by atoms with van der Waals surface area (Å²) in [5, 5.41) is 26.0. The number of thioether (sulfide) groups is 1. The first-order valence-corrected chi connectivity index (χ1v) is 13.3. The number of hydrogen-bond acceptors (Lipinski definition) is 8. The SMILES string of the molecule is COc1ccccc1-n1c(CNC(=O)c2ccc(C)c([N+](=O)[O-])c2)nnc1SCC(=O)Nc1cc(C)ccc1C. The number of amides is 2. The summed E-state index contributed by atoms with van der Waals surface area (Å²) in [5.74, 6) is 0.298. The van der Waals surface area contributed by atoms with E-state index in [1.165, 1.54) is 30.0 Å². The van der Waals surface area contributed by atoms with Crippen molar-refractivity contribution in [2.75, 3.05) is 18.2 Å². The van der Waals surface area contributed by atoms with Gasteiger partial charge >= 0.3 is 0 Å². The van der Waals surface area contributed by atoms with Crippen LogP contribution in [0.2, 0.25) is 0 Å². The molecule has 1 aromatic heterocycles. The van der Waals surface area contributed by atoms with Gasteiger partial charge in [0.25, 0.3) is 11.6 Å². The fraction of sp³-hybridized carbons (Fsp3) is 0.214. The summed E-state index contributed by atoms with van der Waals surface area (Å²) in [5.41, 5.74) is 3.84. The molecule has 2 amide bonds. The third kappa shape index (κ3) is 6.46. The minimum atomic E-state index is -0.523. The van der Waals surface area contributed by atoms with E-state index in [0.717, 1.165) is 16.8 Å². The second-order valence-corrected chi connectivity index (χ2v) is 9.94. The molecule has 40 heavy (non-hydrogen) atoms. The van der Waals surface area contributed by atoms with E-state index in [2.05, 4.69) is 20.8 Å². The molecular formula is C28H28N6O5S. The van der Waals surface area contributed by atoms with Gasteiger partial charge in [0.05, 0.1) is 30.0 Å². The molecule has 4 rings (SSSR count). The molecule has 4 aromatic rings. The Morgan fingerprint density at radius 2 is 1.77 bits per heavy atom. The van der Waals surface area contributed by atoms with Gasteiger partial charge in [-0.2, -0.15) is 0 Å².